The molecule has 82 valence electrons. The molecule has 1 saturated carbocycles. The van der Waals surface area contributed by atoms with E-state index in [1.54, 1.807) is 0 Å². The zero-order valence-electron chi connectivity index (χ0n) is 8.99. The van der Waals surface area contributed by atoms with Crippen molar-refractivity contribution in [1.29, 1.82) is 0 Å². The maximum absolute atomic E-state index is 11.6. The molecule has 0 saturated heterocycles. The average Bonchev–Trinajstić information content (AvgIpc) is 2.95. The molecule has 1 aromatic carbocycles. The van der Waals surface area contributed by atoms with Gasteiger partial charge < -0.3 is 10.3 Å². The van der Waals surface area contributed by atoms with Gasteiger partial charge in [0.1, 0.15) is 0 Å². The highest BCUT2D eigenvalue weighted by Crippen LogP contribution is 2.19. The van der Waals surface area contributed by atoms with Gasteiger partial charge in [-0.2, -0.15) is 0 Å². The van der Waals surface area contributed by atoms with Gasteiger partial charge in [0.2, 0.25) is 5.91 Å². The van der Waals surface area contributed by atoms with Crippen LogP contribution in [0.1, 0.15) is 18.4 Å². The van der Waals surface area contributed by atoms with Crippen molar-refractivity contribution in [2.24, 2.45) is 0 Å². The van der Waals surface area contributed by atoms with Crippen molar-refractivity contribution in [3.05, 3.63) is 36.0 Å². The molecule has 2 N–H and O–H groups in total. The van der Waals surface area contributed by atoms with E-state index in [0.29, 0.717) is 12.5 Å². The second-order valence-electron chi connectivity index (χ2n) is 4.42. The Labute approximate surface area is 93.9 Å². The fraction of sp³-hybridized carbons (Fsp3) is 0.308. The molecule has 0 atom stereocenters. The first-order chi connectivity index (χ1) is 7.81. The Morgan fingerprint density at radius 1 is 1.38 bits per heavy atom. The van der Waals surface area contributed by atoms with Crippen LogP contribution in [0.4, 0.5) is 0 Å². The molecule has 0 aliphatic heterocycles. The van der Waals surface area contributed by atoms with Crippen LogP contribution < -0.4 is 5.32 Å². The molecule has 3 heteroatoms. The molecule has 1 aliphatic rings. The number of nitrogens with one attached hydrogen (secondary N) is 2. The van der Waals surface area contributed by atoms with E-state index in [4.69, 9.17) is 0 Å². The molecular weight excluding hydrogens is 200 g/mol. The minimum absolute atomic E-state index is 0.133. The average molecular weight is 214 g/mol. The second-order valence-corrected chi connectivity index (χ2v) is 4.42. The van der Waals surface area contributed by atoms with Crippen LogP contribution in [0, 0.1) is 0 Å². The van der Waals surface area contributed by atoms with E-state index in [2.05, 4.69) is 10.3 Å². The standard InChI is InChI=1S/C13H14N2O/c16-13(15-11-3-4-11)8-9-1-2-10-5-6-14-12(10)7-9/h1-2,5-7,11,14H,3-4,8H2,(H,15,16). The van der Waals surface area contributed by atoms with Gasteiger partial charge in [0, 0.05) is 17.8 Å². The summed E-state index contributed by atoms with van der Waals surface area (Å²) in [5, 5.41) is 4.18. The lowest BCUT2D eigenvalue weighted by Crippen LogP contribution is -2.26. The summed E-state index contributed by atoms with van der Waals surface area (Å²) in [4.78, 5) is 14.8. The summed E-state index contributed by atoms with van der Waals surface area (Å²) in [5.41, 5.74) is 2.16. The molecule has 16 heavy (non-hydrogen) atoms. The van der Waals surface area contributed by atoms with Crippen molar-refractivity contribution in [1.82, 2.24) is 10.3 Å². The van der Waals surface area contributed by atoms with Gasteiger partial charge in [-0.25, -0.2) is 0 Å². The fourth-order valence-electron chi connectivity index (χ4n) is 1.90. The van der Waals surface area contributed by atoms with Crippen LogP contribution in [0.2, 0.25) is 0 Å². The predicted molar refractivity (Wildman–Crippen MR) is 63.2 cm³/mol. The number of fused-ring (bicyclic) bond motifs is 1. The van der Waals surface area contributed by atoms with Crippen LogP contribution in [0.5, 0.6) is 0 Å². The third kappa shape index (κ3) is 1.94. The fourth-order valence-corrected chi connectivity index (χ4v) is 1.90. The maximum atomic E-state index is 11.6. The van der Waals surface area contributed by atoms with E-state index in [1.165, 1.54) is 5.39 Å². The third-order valence-electron chi connectivity index (χ3n) is 2.93. The topological polar surface area (TPSA) is 44.9 Å². The highest BCUT2D eigenvalue weighted by molar-refractivity contribution is 5.83. The lowest BCUT2D eigenvalue weighted by Gasteiger charge is -2.03. The molecule has 3 nitrogen and oxygen atoms in total. The number of aromatic nitrogens is 1. The van der Waals surface area contributed by atoms with Crippen LogP contribution in [0.15, 0.2) is 30.5 Å². The second kappa shape index (κ2) is 3.67. The minimum Gasteiger partial charge on any atom is -0.361 e. The van der Waals surface area contributed by atoms with E-state index in [9.17, 15) is 4.79 Å². The molecule has 1 aliphatic carbocycles. The number of carbonyl (C=O) groups is 1. The summed E-state index contributed by atoms with van der Waals surface area (Å²) in [6, 6.07) is 8.58. The molecule has 2 aromatic rings. The normalized spacial score (nSPS) is 15.2. The molecule has 0 spiro atoms. The summed E-state index contributed by atoms with van der Waals surface area (Å²) >= 11 is 0. The molecule has 1 amide bonds. The SMILES string of the molecule is O=C(Cc1ccc2cc[nH]c2c1)NC1CC1. The van der Waals surface area contributed by atoms with Crippen LogP contribution in [-0.4, -0.2) is 16.9 Å². The van der Waals surface area contributed by atoms with Gasteiger partial charge in [-0.15, -0.1) is 0 Å². The summed E-state index contributed by atoms with van der Waals surface area (Å²) in [6.07, 6.45) is 4.67. The third-order valence-corrected chi connectivity index (χ3v) is 2.93. The monoisotopic (exact) mass is 214 g/mol. The number of carbonyl (C=O) groups excluding carboxylic acids is 1. The Kier molecular flexibility index (Phi) is 2.17. The molecule has 3 rings (SSSR count). The molecule has 1 aromatic heterocycles. The zero-order valence-corrected chi connectivity index (χ0v) is 8.99. The van der Waals surface area contributed by atoms with E-state index in [1.807, 2.05) is 30.5 Å². The van der Waals surface area contributed by atoms with Gasteiger partial charge in [-0.05, 0) is 35.9 Å². The van der Waals surface area contributed by atoms with E-state index < -0.39 is 0 Å². The summed E-state index contributed by atoms with van der Waals surface area (Å²) in [5.74, 6) is 0.133. The Balaban J connectivity index is 1.74. The number of amides is 1. The van der Waals surface area contributed by atoms with Gasteiger partial charge in [0.25, 0.3) is 0 Å². The predicted octanol–water partition coefficient (Wildman–Crippen LogP) is 1.99. The lowest BCUT2D eigenvalue weighted by molar-refractivity contribution is -0.120. The highest BCUT2D eigenvalue weighted by Gasteiger charge is 2.22. The summed E-state index contributed by atoms with van der Waals surface area (Å²) in [6.45, 7) is 0. The summed E-state index contributed by atoms with van der Waals surface area (Å²) in [7, 11) is 0. The molecule has 1 fully saturated rings. The molecular formula is C13H14N2O. The number of aromatic amines is 1. The van der Waals surface area contributed by atoms with Crippen LogP contribution >= 0.6 is 0 Å². The minimum atomic E-state index is 0.133. The highest BCUT2D eigenvalue weighted by atomic mass is 16.1. The first-order valence-electron chi connectivity index (χ1n) is 5.67. The van der Waals surface area contributed by atoms with E-state index in [-0.39, 0.29) is 5.91 Å². The summed E-state index contributed by atoms with van der Waals surface area (Å²) < 4.78 is 0. The van der Waals surface area contributed by atoms with Gasteiger partial charge in [-0.3, -0.25) is 4.79 Å². The van der Waals surface area contributed by atoms with Crippen molar-refractivity contribution in [2.45, 2.75) is 25.3 Å². The van der Waals surface area contributed by atoms with Crippen molar-refractivity contribution in [3.8, 4) is 0 Å². The molecule has 0 bridgehead atoms. The van der Waals surface area contributed by atoms with Gasteiger partial charge >= 0.3 is 0 Å². The van der Waals surface area contributed by atoms with Gasteiger partial charge in [0.15, 0.2) is 0 Å². The van der Waals surface area contributed by atoms with Crippen molar-refractivity contribution in [3.63, 3.8) is 0 Å². The zero-order chi connectivity index (χ0) is 11.0. The molecule has 0 unspecified atom stereocenters. The Hall–Kier alpha value is -1.77. The van der Waals surface area contributed by atoms with Crippen molar-refractivity contribution >= 4 is 16.8 Å². The Morgan fingerprint density at radius 3 is 3.06 bits per heavy atom. The van der Waals surface area contributed by atoms with Crippen LogP contribution in [-0.2, 0) is 11.2 Å². The van der Waals surface area contributed by atoms with E-state index in [0.717, 1.165) is 23.9 Å². The lowest BCUT2D eigenvalue weighted by atomic mass is 10.1. The van der Waals surface area contributed by atoms with E-state index >= 15 is 0 Å². The van der Waals surface area contributed by atoms with Crippen LogP contribution in [0.25, 0.3) is 10.9 Å². The smallest absolute Gasteiger partial charge is 0.224 e. The molecule has 1 heterocycles. The Bertz CT molecular complexity index is 525. The largest absolute Gasteiger partial charge is 0.361 e. The quantitative estimate of drug-likeness (QED) is 0.806. The number of hydrogen-bond acceptors (Lipinski definition) is 1. The Morgan fingerprint density at radius 2 is 2.25 bits per heavy atom. The number of H-pyrrole nitrogens is 1. The number of rotatable bonds is 3. The van der Waals surface area contributed by atoms with Gasteiger partial charge in [0.05, 0.1) is 6.42 Å². The van der Waals surface area contributed by atoms with Crippen molar-refractivity contribution < 1.29 is 4.79 Å². The first kappa shape index (κ1) is 9.46. The maximum Gasteiger partial charge on any atom is 0.224 e. The van der Waals surface area contributed by atoms with Gasteiger partial charge in [-0.1, -0.05) is 12.1 Å². The van der Waals surface area contributed by atoms with Crippen molar-refractivity contribution in [2.75, 3.05) is 0 Å². The number of hydrogen-bond donors (Lipinski definition) is 2. The molecule has 0 radical (unpaired) electrons. The first-order valence-corrected chi connectivity index (χ1v) is 5.67. The van der Waals surface area contributed by atoms with Crippen LogP contribution in [0.3, 0.4) is 0 Å². The number of benzene rings is 1.